The fourth-order valence-corrected chi connectivity index (χ4v) is 6.35. The van der Waals surface area contributed by atoms with E-state index in [4.69, 9.17) is 19.2 Å². The van der Waals surface area contributed by atoms with Crippen molar-refractivity contribution < 1.29 is 19.2 Å². The van der Waals surface area contributed by atoms with Crippen LogP contribution in [0, 0.1) is 30.6 Å². The Labute approximate surface area is 174 Å². The molecule has 4 aliphatic heterocycles. The van der Waals surface area contributed by atoms with Crippen LogP contribution >= 0.6 is 0 Å². The zero-order chi connectivity index (χ0) is 20.2. The quantitative estimate of drug-likeness (QED) is 0.617. The zero-order valence-corrected chi connectivity index (χ0v) is 18.1. The molecule has 4 saturated heterocycles. The van der Waals surface area contributed by atoms with E-state index in [0.29, 0.717) is 23.7 Å². The lowest BCUT2D eigenvalue weighted by molar-refractivity contribution is -0.571. The maximum atomic E-state index is 6.65. The molecule has 5 fully saturated rings. The Balaban J connectivity index is 1.41. The van der Waals surface area contributed by atoms with Crippen molar-refractivity contribution in [1.29, 1.82) is 0 Å². The Morgan fingerprint density at radius 1 is 1.07 bits per heavy atom. The van der Waals surface area contributed by atoms with Gasteiger partial charge in [0.1, 0.15) is 0 Å². The second-order valence-corrected chi connectivity index (χ2v) is 9.94. The van der Waals surface area contributed by atoms with Crippen molar-refractivity contribution >= 4 is 6.08 Å². The van der Waals surface area contributed by atoms with Crippen molar-refractivity contribution in [2.75, 3.05) is 0 Å². The molecule has 1 spiro atoms. The molecule has 158 valence electrons. The first-order valence-corrected chi connectivity index (χ1v) is 11.4. The van der Waals surface area contributed by atoms with Gasteiger partial charge in [-0.05, 0) is 68.4 Å². The smallest absolute Gasteiger partial charge is 0.201 e. The van der Waals surface area contributed by atoms with E-state index in [1.807, 2.05) is 6.92 Å². The standard InChI is InChI=1S/C25H34O4/c1-16-8-5-6-9-19(16)10-7-11-22-18(3)21-13-12-17(2)20-14-15-24(4)27-23(26-22)25(20,21)29-28-24/h5-10,17-18,20-23H,11-15H2,1-4H3/b10-7+/t17-,18-,20+,21+,22-,23-,24-,25-/m1/s1. The first kappa shape index (κ1) is 19.7. The molecule has 8 atom stereocenters. The first-order valence-electron chi connectivity index (χ1n) is 11.4. The van der Waals surface area contributed by atoms with E-state index in [2.05, 4.69) is 57.2 Å². The maximum absolute atomic E-state index is 6.65. The van der Waals surface area contributed by atoms with E-state index >= 15 is 0 Å². The number of rotatable bonds is 3. The molecule has 2 bridgehead atoms. The molecule has 4 nitrogen and oxygen atoms in total. The highest BCUT2D eigenvalue weighted by molar-refractivity contribution is 5.53. The molecule has 4 heterocycles. The van der Waals surface area contributed by atoms with Crippen molar-refractivity contribution in [2.24, 2.45) is 23.7 Å². The summed E-state index contributed by atoms with van der Waals surface area (Å²) in [5.41, 5.74) is 2.11. The zero-order valence-electron chi connectivity index (χ0n) is 18.1. The molecule has 4 heteroatoms. The van der Waals surface area contributed by atoms with E-state index in [1.165, 1.54) is 17.5 Å². The average molecular weight is 399 g/mol. The lowest BCUT2D eigenvalue weighted by Gasteiger charge is -2.60. The Morgan fingerprint density at radius 3 is 2.72 bits per heavy atom. The maximum Gasteiger partial charge on any atom is 0.201 e. The van der Waals surface area contributed by atoms with Gasteiger partial charge in [0.05, 0.1) is 6.10 Å². The van der Waals surface area contributed by atoms with E-state index in [1.54, 1.807) is 0 Å². The largest absolute Gasteiger partial charge is 0.346 e. The molecule has 1 aliphatic carbocycles. The van der Waals surface area contributed by atoms with Gasteiger partial charge in [0.15, 0.2) is 11.9 Å². The third kappa shape index (κ3) is 3.11. The Bertz CT molecular complexity index is 791. The van der Waals surface area contributed by atoms with Crippen molar-refractivity contribution in [3.8, 4) is 0 Å². The first-order chi connectivity index (χ1) is 13.9. The summed E-state index contributed by atoms with van der Waals surface area (Å²) in [7, 11) is 0. The summed E-state index contributed by atoms with van der Waals surface area (Å²) in [6, 6.07) is 8.49. The molecule has 0 amide bonds. The van der Waals surface area contributed by atoms with Gasteiger partial charge in [0.2, 0.25) is 5.79 Å². The second kappa shape index (κ2) is 7.19. The van der Waals surface area contributed by atoms with Gasteiger partial charge in [-0.15, -0.1) is 0 Å². The van der Waals surface area contributed by atoms with Gasteiger partial charge in [0.25, 0.3) is 0 Å². The molecular weight excluding hydrogens is 364 g/mol. The van der Waals surface area contributed by atoms with Crippen LogP contribution in [-0.2, 0) is 19.2 Å². The Kier molecular flexibility index (Phi) is 4.90. The summed E-state index contributed by atoms with van der Waals surface area (Å²) in [5.74, 6) is 1.15. The van der Waals surface area contributed by atoms with Gasteiger partial charge in [0, 0.05) is 12.3 Å². The van der Waals surface area contributed by atoms with E-state index in [0.717, 1.165) is 25.7 Å². The van der Waals surface area contributed by atoms with Crippen LogP contribution in [0.4, 0.5) is 0 Å². The van der Waals surface area contributed by atoms with Gasteiger partial charge in [-0.25, -0.2) is 9.78 Å². The number of ether oxygens (including phenoxy) is 2. The summed E-state index contributed by atoms with van der Waals surface area (Å²) >= 11 is 0. The van der Waals surface area contributed by atoms with Gasteiger partial charge in [-0.2, -0.15) is 0 Å². The van der Waals surface area contributed by atoms with Crippen LogP contribution in [0.2, 0.25) is 0 Å². The predicted octanol–water partition coefficient (Wildman–Crippen LogP) is 5.65. The number of aryl methyl sites for hydroxylation is 1. The molecule has 1 aromatic rings. The minimum absolute atomic E-state index is 0.136. The Hall–Kier alpha value is -1.20. The minimum atomic E-state index is -0.695. The average Bonchev–Trinajstić information content (AvgIpc) is 2.93. The van der Waals surface area contributed by atoms with Crippen molar-refractivity contribution in [2.45, 2.75) is 83.6 Å². The number of fused-ring (bicyclic) bond motifs is 2. The fraction of sp³-hybridized carbons (Fsp3) is 0.680. The van der Waals surface area contributed by atoms with Gasteiger partial charge < -0.3 is 9.47 Å². The summed E-state index contributed by atoms with van der Waals surface area (Å²) in [6.07, 6.45) is 9.52. The van der Waals surface area contributed by atoms with Crippen LogP contribution < -0.4 is 0 Å². The second-order valence-electron chi connectivity index (χ2n) is 9.94. The van der Waals surface area contributed by atoms with E-state index in [-0.39, 0.29) is 12.4 Å². The topological polar surface area (TPSA) is 36.9 Å². The van der Waals surface area contributed by atoms with Crippen LogP contribution in [0.15, 0.2) is 30.3 Å². The van der Waals surface area contributed by atoms with E-state index < -0.39 is 11.4 Å². The lowest BCUT2D eigenvalue weighted by atomic mass is 9.57. The number of hydrogen-bond donors (Lipinski definition) is 0. The molecule has 0 N–H and O–H groups in total. The SMILES string of the molecule is Cc1ccccc1/C=C/C[C@H]1O[C@@H]2O[C@@]3(C)CC[C@H]4[C@H](C)CC[C@@H]([C@H]1C)[C@@]24OO3. The fourth-order valence-electron chi connectivity index (χ4n) is 6.35. The lowest BCUT2D eigenvalue weighted by Crippen LogP contribution is -2.70. The van der Waals surface area contributed by atoms with Gasteiger partial charge in [-0.3, -0.25) is 0 Å². The number of hydrogen-bond acceptors (Lipinski definition) is 4. The van der Waals surface area contributed by atoms with Crippen LogP contribution in [0.1, 0.15) is 64.0 Å². The summed E-state index contributed by atoms with van der Waals surface area (Å²) in [4.78, 5) is 12.1. The summed E-state index contributed by atoms with van der Waals surface area (Å²) in [5, 5.41) is 0. The molecule has 29 heavy (non-hydrogen) atoms. The summed E-state index contributed by atoms with van der Waals surface area (Å²) in [6.45, 7) is 8.84. The van der Waals surface area contributed by atoms with Crippen molar-refractivity contribution in [3.63, 3.8) is 0 Å². The van der Waals surface area contributed by atoms with Crippen LogP contribution in [0.5, 0.6) is 0 Å². The number of benzene rings is 1. The third-order valence-electron chi connectivity index (χ3n) is 8.15. The highest BCUT2D eigenvalue weighted by atomic mass is 17.3. The Morgan fingerprint density at radius 2 is 1.90 bits per heavy atom. The highest BCUT2D eigenvalue weighted by Crippen LogP contribution is 2.60. The molecular formula is C25H34O4. The summed E-state index contributed by atoms with van der Waals surface area (Å²) < 4.78 is 13.1. The van der Waals surface area contributed by atoms with E-state index in [9.17, 15) is 0 Å². The minimum Gasteiger partial charge on any atom is -0.346 e. The normalized spacial score (nSPS) is 46.5. The molecule has 1 aromatic carbocycles. The van der Waals surface area contributed by atoms with Crippen LogP contribution in [0.25, 0.3) is 6.08 Å². The van der Waals surface area contributed by atoms with Crippen molar-refractivity contribution in [1.82, 2.24) is 0 Å². The van der Waals surface area contributed by atoms with Crippen LogP contribution in [-0.4, -0.2) is 23.8 Å². The molecule has 6 rings (SSSR count). The van der Waals surface area contributed by atoms with Gasteiger partial charge in [-0.1, -0.05) is 50.3 Å². The molecule has 0 unspecified atom stereocenters. The monoisotopic (exact) mass is 398 g/mol. The van der Waals surface area contributed by atoms with Crippen molar-refractivity contribution in [3.05, 3.63) is 41.5 Å². The predicted molar refractivity (Wildman–Crippen MR) is 112 cm³/mol. The molecule has 5 aliphatic rings. The van der Waals surface area contributed by atoms with Gasteiger partial charge >= 0.3 is 0 Å². The molecule has 0 aromatic heterocycles. The highest BCUT2D eigenvalue weighted by Gasteiger charge is 2.69. The molecule has 1 saturated carbocycles. The van der Waals surface area contributed by atoms with Crippen LogP contribution in [0.3, 0.4) is 0 Å². The molecule has 0 radical (unpaired) electrons. The third-order valence-corrected chi connectivity index (χ3v) is 8.15.